The summed E-state index contributed by atoms with van der Waals surface area (Å²) in [4.78, 5) is 18.1. The molecule has 2 aliphatic heterocycles. The van der Waals surface area contributed by atoms with Crippen molar-refractivity contribution in [2.24, 2.45) is 0 Å². The number of hydrogen-bond donors (Lipinski definition) is 1. The molecule has 1 saturated heterocycles. The molecule has 1 aromatic rings. The Balaban J connectivity index is 0.00000147. The SMILES string of the molecule is CC1CN(CC(=O)N2CCc3sccc3C2)CCN1.Cl. The van der Waals surface area contributed by atoms with Gasteiger partial charge in [0, 0.05) is 43.6 Å². The van der Waals surface area contributed by atoms with Gasteiger partial charge in [-0.25, -0.2) is 0 Å². The Bertz CT molecular complexity index is 465. The first-order chi connectivity index (χ1) is 9.22. The van der Waals surface area contributed by atoms with Gasteiger partial charge in [0.15, 0.2) is 0 Å². The summed E-state index contributed by atoms with van der Waals surface area (Å²) in [6.45, 7) is 7.38. The van der Waals surface area contributed by atoms with Gasteiger partial charge in [-0.1, -0.05) is 0 Å². The lowest BCUT2D eigenvalue weighted by Gasteiger charge is -2.34. The molecular weight excluding hydrogens is 294 g/mol. The summed E-state index contributed by atoms with van der Waals surface area (Å²) in [6, 6.07) is 2.65. The van der Waals surface area contributed by atoms with Crippen molar-refractivity contribution in [1.82, 2.24) is 15.1 Å². The molecule has 1 aromatic heterocycles. The number of rotatable bonds is 2. The minimum atomic E-state index is 0. The summed E-state index contributed by atoms with van der Waals surface area (Å²) >= 11 is 1.82. The fourth-order valence-electron chi connectivity index (χ4n) is 2.91. The quantitative estimate of drug-likeness (QED) is 0.895. The average molecular weight is 316 g/mol. The number of nitrogens with zero attached hydrogens (tertiary/aromatic N) is 2. The summed E-state index contributed by atoms with van der Waals surface area (Å²) in [5, 5.41) is 5.54. The average Bonchev–Trinajstić information content (AvgIpc) is 2.85. The Kier molecular flexibility index (Phi) is 5.43. The van der Waals surface area contributed by atoms with Gasteiger partial charge in [0.25, 0.3) is 0 Å². The van der Waals surface area contributed by atoms with Crippen LogP contribution in [-0.2, 0) is 17.8 Å². The smallest absolute Gasteiger partial charge is 0.237 e. The molecule has 6 heteroatoms. The van der Waals surface area contributed by atoms with Crippen molar-refractivity contribution >= 4 is 29.7 Å². The van der Waals surface area contributed by atoms with Crippen LogP contribution in [-0.4, -0.2) is 54.5 Å². The number of fused-ring (bicyclic) bond motifs is 1. The second-order valence-corrected chi connectivity index (χ2v) is 6.53. The fourth-order valence-corrected chi connectivity index (χ4v) is 3.80. The molecule has 3 heterocycles. The van der Waals surface area contributed by atoms with E-state index in [1.807, 2.05) is 16.2 Å². The lowest BCUT2D eigenvalue weighted by molar-refractivity contribution is -0.133. The lowest BCUT2D eigenvalue weighted by atomic mass is 10.1. The molecule has 0 radical (unpaired) electrons. The first kappa shape index (κ1) is 15.8. The maximum Gasteiger partial charge on any atom is 0.237 e. The molecule has 1 atom stereocenters. The highest BCUT2D eigenvalue weighted by Gasteiger charge is 2.24. The van der Waals surface area contributed by atoms with Crippen molar-refractivity contribution in [3.8, 4) is 0 Å². The van der Waals surface area contributed by atoms with Gasteiger partial charge >= 0.3 is 0 Å². The molecule has 1 N–H and O–H groups in total. The van der Waals surface area contributed by atoms with Crippen molar-refractivity contribution in [2.75, 3.05) is 32.7 Å². The highest BCUT2D eigenvalue weighted by Crippen LogP contribution is 2.24. The molecule has 3 rings (SSSR count). The Morgan fingerprint density at radius 3 is 3.15 bits per heavy atom. The van der Waals surface area contributed by atoms with Crippen molar-refractivity contribution < 1.29 is 4.79 Å². The van der Waals surface area contributed by atoms with Crippen LogP contribution in [0.4, 0.5) is 0 Å². The predicted molar refractivity (Wildman–Crippen MR) is 84.6 cm³/mol. The third-order valence-electron chi connectivity index (χ3n) is 3.97. The molecule has 0 spiro atoms. The number of thiophene rings is 1. The van der Waals surface area contributed by atoms with E-state index < -0.39 is 0 Å². The van der Waals surface area contributed by atoms with E-state index in [1.54, 1.807) is 0 Å². The minimum Gasteiger partial charge on any atom is -0.337 e. The summed E-state index contributed by atoms with van der Waals surface area (Å²) in [6.07, 6.45) is 1.02. The van der Waals surface area contributed by atoms with Gasteiger partial charge in [0.05, 0.1) is 6.54 Å². The van der Waals surface area contributed by atoms with Crippen LogP contribution in [0.25, 0.3) is 0 Å². The minimum absolute atomic E-state index is 0. The van der Waals surface area contributed by atoms with Crippen molar-refractivity contribution in [1.29, 1.82) is 0 Å². The predicted octanol–water partition coefficient (Wildman–Crippen LogP) is 1.35. The summed E-state index contributed by atoms with van der Waals surface area (Å²) in [7, 11) is 0. The first-order valence-electron chi connectivity index (χ1n) is 7.01. The second-order valence-electron chi connectivity index (χ2n) is 5.52. The van der Waals surface area contributed by atoms with E-state index in [2.05, 4.69) is 28.6 Å². The first-order valence-corrected chi connectivity index (χ1v) is 7.89. The second kappa shape index (κ2) is 6.89. The highest BCUT2D eigenvalue weighted by molar-refractivity contribution is 7.10. The molecule has 112 valence electrons. The van der Waals surface area contributed by atoms with Crippen LogP contribution >= 0.6 is 23.7 Å². The molecule has 0 saturated carbocycles. The summed E-state index contributed by atoms with van der Waals surface area (Å²) < 4.78 is 0. The van der Waals surface area contributed by atoms with Crippen LogP contribution in [0.15, 0.2) is 11.4 Å². The normalized spacial score (nSPS) is 23.1. The number of halogens is 1. The molecule has 1 fully saturated rings. The van der Waals surface area contributed by atoms with Crippen molar-refractivity contribution in [2.45, 2.75) is 25.9 Å². The van der Waals surface area contributed by atoms with Crippen LogP contribution in [0.1, 0.15) is 17.4 Å². The van der Waals surface area contributed by atoms with E-state index in [0.29, 0.717) is 12.6 Å². The Morgan fingerprint density at radius 1 is 1.50 bits per heavy atom. The monoisotopic (exact) mass is 315 g/mol. The van der Waals surface area contributed by atoms with Crippen LogP contribution in [0.2, 0.25) is 0 Å². The van der Waals surface area contributed by atoms with E-state index >= 15 is 0 Å². The molecular formula is C14H22ClN3OS. The van der Waals surface area contributed by atoms with Gasteiger partial charge in [-0.2, -0.15) is 0 Å². The molecule has 1 amide bonds. The molecule has 4 nitrogen and oxygen atoms in total. The van der Waals surface area contributed by atoms with Gasteiger partial charge < -0.3 is 10.2 Å². The van der Waals surface area contributed by atoms with Gasteiger partial charge in [-0.15, -0.1) is 23.7 Å². The van der Waals surface area contributed by atoms with Gasteiger partial charge in [-0.3, -0.25) is 9.69 Å². The molecule has 0 aliphatic carbocycles. The van der Waals surface area contributed by atoms with E-state index in [-0.39, 0.29) is 18.3 Å². The van der Waals surface area contributed by atoms with Crippen LogP contribution < -0.4 is 5.32 Å². The Morgan fingerprint density at radius 2 is 2.35 bits per heavy atom. The topological polar surface area (TPSA) is 35.6 Å². The molecule has 20 heavy (non-hydrogen) atoms. The third kappa shape index (κ3) is 3.52. The van der Waals surface area contributed by atoms with Gasteiger partial charge in [0.2, 0.25) is 5.91 Å². The van der Waals surface area contributed by atoms with Crippen LogP contribution in [0.3, 0.4) is 0 Å². The van der Waals surface area contributed by atoms with Gasteiger partial charge in [0.1, 0.15) is 0 Å². The van der Waals surface area contributed by atoms with Crippen molar-refractivity contribution in [3.63, 3.8) is 0 Å². The molecule has 0 bridgehead atoms. The summed E-state index contributed by atoms with van der Waals surface area (Å²) in [5.41, 5.74) is 1.35. The number of amides is 1. The highest BCUT2D eigenvalue weighted by atomic mass is 35.5. The maximum atomic E-state index is 12.4. The maximum absolute atomic E-state index is 12.4. The Hall–Kier alpha value is -0.620. The Labute approximate surface area is 130 Å². The number of piperazine rings is 1. The lowest BCUT2D eigenvalue weighted by Crippen LogP contribution is -2.52. The number of carbonyl (C=O) groups is 1. The van der Waals surface area contributed by atoms with Crippen molar-refractivity contribution in [3.05, 3.63) is 21.9 Å². The standard InChI is InChI=1S/C14H21N3OS.ClH/c1-11-8-16(6-4-15-11)10-14(18)17-5-2-13-12(9-17)3-7-19-13;/h3,7,11,15H,2,4-6,8-10H2,1H3;1H. The van der Waals surface area contributed by atoms with E-state index in [9.17, 15) is 4.79 Å². The van der Waals surface area contributed by atoms with Crippen LogP contribution in [0.5, 0.6) is 0 Å². The molecule has 1 unspecified atom stereocenters. The summed E-state index contributed by atoms with van der Waals surface area (Å²) in [5.74, 6) is 0.283. The zero-order valence-corrected chi connectivity index (χ0v) is 13.4. The van der Waals surface area contributed by atoms with E-state index in [4.69, 9.17) is 0 Å². The third-order valence-corrected chi connectivity index (χ3v) is 5.00. The number of nitrogens with one attached hydrogen (secondary N) is 1. The zero-order chi connectivity index (χ0) is 13.2. The molecule has 0 aromatic carbocycles. The number of hydrogen-bond acceptors (Lipinski definition) is 4. The fraction of sp³-hybridized carbons (Fsp3) is 0.643. The molecule has 2 aliphatic rings. The zero-order valence-electron chi connectivity index (χ0n) is 11.8. The number of carbonyl (C=O) groups excluding carboxylic acids is 1. The van der Waals surface area contributed by atoms with E-state index in [1.165, 1.54) is 10.4 Å². The largest absolute Gasteiger partial charge is 0.337 e. The van der Waals surface area contributed by atoms with Crippen LogP contribution in [0, 0.1) is 0 Å². The van der Waals surface area contributed by atoms with Gasteiger partial charge in [-0.05, 0) is 30.4 Å². The van der Waals surface area contributed by atoms with E-state index in [0.717, 1.165) is 39.1 Å².